The molecule has 0 unspecified atom stereocenters. The van der Waals surface area contributed by atoms with Gasteiger partial charge in [-0.2, -0.15) is 0 Å². The molecule has 0 fully saturated rings. The monoisotopic (exact) mass is 300 g/mol. The molecule has 126 valence electrons. The zero-order valence-corrected chi connectivity index (χ0v) is 14.0. The lowest BCUT2D eigenvalue weighted by molar-refractivity contribution is -0.131. The molecule has 0 radical (unpaired) electrons. The Morgan fingerprint density at radius 1 is 0.905 bits per heavy atom. The highest BCUT2D eigenvalue weighted by Gasteiger charge is 2.12. The largest absolute Gasteiger partial charge is 0.396 e. The first-order valence-corrected chi connectivity index (χ1v) is 8.85. The van der Waals surface area contributed by atoms with Gasteiger partial charge in [0.1, 0.15) is 0 Å². The highest BCUT2D eigenvalue weighted by molar-refractivity contribution is 5.76. The van der Waals surface area contributed by atoms with Gasteiger partial charge in [0.25, 0.3) is 0 Å². The van der Waals surface area contributed by atoms with Crippen molar-refractivity contribution in [2.75, 3.05) is 26.2 Å². The van der Waals surface area contributed by atoms with Crippen molar-refractivity contribution in [1.29, 1.82) is 0 Å². The van der Waals surface area contributed by atoms with E-state index in [1.807, 2.05) is 4.90 Å². The molecular formula is C17H36N2O2. The number of aliphatic hydroxyl groups is 1. The lowest BCUT2D eigenvalue weighted by Gasteiger charge is -2.22. The quantitative estimate of drug-likeness (QED) is 0.457. The third-order valence-corrected chi connectivity index (χ3v) is 3.82. The molecule has 1 amide bonds. The van der Waals surface area contributed by atoms with Crippen molar-refractivity contribution in [2.45, 2.75) is 77.6 Å². The third kappa shape index (κ3) is 12.8. The normalized spacial score (nSPS) is 10.8. The molecule has 0 aliphatic heterocycles. The van der Waals surface area contributed by atoms with Gasteiger partial charge in [-0.1, -0.05) is 45.4 Å². The number of hydrogen-bond donors (Lipinski definition) is 2. The molecule has 0 bridgehead atoms. The number of carbonyl (C=O) groups is 1. The van der Waals surface area contributed by atoms with E-state index in [0.29, 0.717) is 19.4 Å². The number of carbonyl (C=O) groups excluding carboxylic acids is 1. The van der Waals surface area contributed by atoms with Gasteiger partial charge in [-0.05, 0) is 32.2 Å². The van der Waals surface area contributed by atoms with E-state index in [2.05, 4.69) is 6.92 Å². The first kappa shape index (κ1) is 20.4. The number of unbranched alkanes of at least 4 members (excludes halogenated alkanes) is 7. The van der Waals surface area contributed by atoms with Crippen LogP contribution in [0.15, 0.2) is 0 Å². The topological polar surface area (TPSA) is 66.6 Å². The fourth-order valence-corrected chi connectivity index (χ4v) is 2.46. The zero-order valence-electron chi connectivity index (χ0n) is 14.0. The van der Waals surface area contributed by atoms with Crippen molar-refractivity contribution in [3.05, 3.63) is 0 Å². The van der Waals surface area contributed by atoms with Gasteiger partial charge in [0.2, 0.25) is 5.91 Å². The summed E-state index contributed by atoms with van der Waals surface area (Å²) in [7, 11) is 0. The minimum atomic E-state index is 0.163. The molecule has 0 rings (SSSR count). The third-order valence-electron chi connectivity index (χ3n) is 3.82. The molecule has 0 aromatic carbocycles. The van der Waals surface area contributed by atoms with Crippen molar-refractivity contribution < 1.29 is 9.90 Å². The Labute approximate surface area is 131 Å². The molecule has 0 aliphatic carbocycles. The Kier molecular flexibility index (Phi) is 15.3. The second-order valence-electron chi connectivity index (χ2n) is 5.83. The fourth-order valence-electron chi connectivity index (χ4n) is 2.46. The van der Waals surface area contributed by atoms with Crippen molar-refractivity contribution in [3.63, 3.8) is 0 Å². The molecule has 21 heavy (non-hydrogen) atoms. The van der Waals surface area contributed by atoms with E-state index >= 15 is 0 Å². The van der Waals surface area contributed by atoms with E-state index in [9.17, 15) is 4.79 Å². The summed E-state index contributed by atoms with van der Waals surface area (Å²) in [6.45, 7) is 4.67. The van der Waals surface area contributed by atoms with E-state index in [1.54, 1.807) is 0 Å². The van der Waals surface area contributed by atoms with Crippen LogP contribution < -0.4 is 5.73 Å². The van der Waals surface area contributed by atoms with Gasteiger partial charge in [0.15, 0.2) is 0 Å². The van der Waals surface area contributed by atoms with Crippen LogP contribution in [0.4, 0.5) is 0 Å². The first-order chi connectivity index (χ1) is 10.3. The van der Waals surface area contributed by atoms with Gasteiger partial charge in [-0.15, -0.1) is 0 Å². The highest BCUT2D eigenvalue weighted by atomic mass is 16.3. The van der Waals surface area contributed by atoms with Gasteiger partial charge in [-0.25, -0.2) is 0 Å². The van der Waals surface area contributed by atoms with Crippen LogP contribution in [0, 0.1) is 0 Å². The average Bonchev–Trinajstić information content (AvgIpc) is 2.49. The molecule has 4 nitrogen and oxygen atoms in total. The standard InChI is InChI=1S/C17H36N2O2/c1-2-3-4-7-10-14-19(15-11-16-20)17(21)12-8-5-6-9-13-18/h20H,2-16,18H2,1H3. The fraction of sp³-hybridized carbons (Fsp3) is 0.941. The maximum Gasteiger partial charge on any atom is 0.222 e. The van der Waals surface area contributed by atoms with Crippen molar-refractivity contribution in [3.8, 4) is 0 Å². The second kappa shape index (κ2) is 15.8. The molecular weight excluding hydrogens is 264 g/mol. The van der Waals surface area contributed by atoms with Crippen LogP contribution in [-0.2, 0) is 4.79 Å². The lowest BCUT2D eigenvalue weighted by atomic mass is 10.1. The Bertz CT molecular complexity index is 235. The average molecular weight is 300 g/mol. The molecule has 0 aromatic rings. The van der Waals surface area contributed by atoms with Crippen LogP contribution in [0.3, 0.4) is 0 Å². The summed E-state index contributed by atoms with van der Waals surface area (Å²) in [5.41, 5.74) is 5.46. The SMILES string of the molecule is CCCCCCCN(CCCO)C(=O)CCCCCCN. The minimum Gasteiger partial charge on any atom is -0.396 e. The number of aliphatic hydroxyl groups excluding tert-OH is 1. The molecule has 0 saturated carbocycles. The second-order valence-corrected chi connectivity index (χ2v) is 5.83. The number of rotatable bonds is 15. The summed E-state index contributed by atoms with van der Waals surface area (Å²) in [4.78, 5) is 14.2. The van der Waals surface area contributed by atoms with E-state index in [1.165, 1.54) is 25.7 Å². The van der Waals surface area contributed by atoms with Crippen LogP contribution in [0.2, 0.25) is 0 Å². The molecule has 3 N–H and O–H groups in total. The smallest absolute Gasteiger partial charge is 0.222 e. The predicted molar refractivity (Wildman–Crippen MR) is 89.2 cm³/mol. The van der Waals surface area contributed by atoms with Gasteiger partial charge in [0, 0.05) is 26.1 Å². The number of hydrogen-bond acceptors (Lipinski definition) is 3. The molecule has 0 spiro atoms. The zero-order chi connectivity index (χ0) is 15.8. The van der Waals surface area contributed by atoms with Crippen molar-refractivity contribution in [2.24, 2.45) is 5.73 Å². The summed E-state index contributed by atoms with van der Waals surface area (Å²) in [5, 5.41) is 8.96. The van der Waals surface area contributed by atoms with Crippen molar-refractivity contribution in [1.82, 2.24) is 4.90 Å². The summed E-state index contributed by atoms with van der Waals surface area (Å²) >= 11 is 0. The van der Waals surface area contributed by atoms with Gasteiger partial charge in [0.05, 0.1) is 0 Å². The van der Waals surface area contributed by atoms with E-state index < -0.39 is 0 Å². The molecule has 0 aliphatic rings. The van der Waals surface area contributed by atoms with Crippen LogP contribution in [0.5, 0.6) is 0 Å². The molecule has 0 heterocycles. The Balaban J connectivity index is 3.87. The Morgan fingerprint density at radius 3 is 2.19 bits per heavy atom. The number of amides is 1. The minimum absolute atomic E-state index is 0.163. The summed E-state index contributed by atoms with van der Waals surface area (Å²) in [6.07, 6.45) is 11.6. The van der Waals surface area contributed by atoms with E-state index in [4.69, 9.17) is 10.8 Å². The van der Waals surface area contributed by atoms with Gasteiger partial charge < -0.3 is 15.7 Å². The van der Waals surface area contributed by atoms with Gasteiger partial charge in [-0.3, -0.25) is 4.79 Å². The number of nitrogens with two attached hydrogens (primary N) is 1. The summed E-state index contributed by atoms with van der Waals surface area (Å²) in [6, 6.07) is 0. The van der Waals surface area contributed by atoms with Crippen molar-refractivity contribution >= 4 is 5.91 Å². The van der Waals surface area contributed by atoms with E-state index in [0.717, 1.165) is 45.2 Å². The summed E-state index contributed by atoms with van der Waals surface area (Å²) in [5.74, 6) is 0.256. The van der Waals surface area contributed by atoms with Crippen LogP contribution in [0.25, 0.3) is 0 Å². The summed E-state index contributed by atoms with van der Waals surface area (Å²) < 4.78 is 0. The van der Waals surface area contributed by atoms with Crippen LogP contribution in [-0.4, -0.2) is 42.2 Å². The molecule has 0 aromatic heterocycles. The molecule has 4 heteroatoms. The molecule has 0 atom stereocenters. The highest BCUT2D eigenvalue weighted by Crippen LogP contribution is 2.09. The Morgan fingerprint density at radius 2 is 1.52 bits per heavy atom. The lowest BCUT2D eigenvalue weighted by Crippen LogP contribution is -2.33. The Hall–Kier alpha value is -0.610. The van der Waals surface area contributed by atoms with Crippen LogP contribution >= 0.6 is 0 Å². The maximum atomic E-state index is 12.2. The number of nitrogens with zero attached hydrogens (tertiary/aromatic N) is 1. The molecule has 0 saturated heterocycles. The first-order valence-electron chi connectivity index (χ1n) is 8.85. The van der Waals surface area contributed by atoms with Gasteiger partial charge >= 0.3 is 0 Å². The van der Waals surface area contributed by atoms with Crippen LogP contribution in [0.1, 0.15) is 77.6 Å². The maximum absolute atomic E-state index is 12.2. The predicted octanol–water partition coefficient (Wildman–Crippen LogP) is 3.08. The van der Waals surface area contributed by atoms with E-state index in [-0.39, 0.29) is 12.5 Å².